The average Bonchev–Trinajstić information content (AvgIpc) is 3.09. The first-order valence-corrected chi connectivity index (χ1v) is 11.3. The van der Waals surface area contributed by atoms with Crippen molar-refractivity contribution in [1.29, 1.82) is 0 Å². The van der Waals surface area contributed by atoms with Gasteiger partial charge >= 0.3 is 0 Å². The largest absolute Gasteiger partial charge is 0.298 e. The molecule has 7 nitrogen and oxygen atoms in total. The molecule has 27 heavy (non-hydrogen) atoms. The van der Waals surface area contributed by atoms with E-state index < -0.39 is 15.9 Å². The molecule has 0 atom stereocenters. The zero-order chi connectivity index (χ0) is 19.4. The number of hydrogen-bond acceptors (Lipinski definition) is 6. The van der Waals surface area contributed by atoms with Crippen LogP contribution in [0.5, 0.6) is 0 Å². The number of aromatic nitrogens is 1. The van der Waals surface area contributed by atoms with E-state index in [1.807, 2.05) is 5.38 Å². The average molecular weight is 429 g/mol. The first-order valence-electron chi connectivity index (χ1n) is 8.60. The van der Waals surface area contributed by atoms with E-state index in [0.717, 1.165) is 25.3 Å². The Morgan fingerprint density at radius 1 is 1.30 bits per heavy atom. The van der Waals surface area contributed by atoms with E-state index in [0.29, 0.717) is 5.13 Å². The van der Waals surface area contributed by atoms with Crippen molar-refractivity contribution in [2.45, 2.75) is 30.7 Å². The highest BCUT2D eigenvalue weighted by Gasteiger charge is 2.19. The summed E-state index contributed by atoms with van der Waals surface area (Å²) in [5, 5.41) is 5.26. The second kappa shape index (κ2) is 8.66. The van der Waals surface area contributed by atoms with E-state index in [1.54, 1.807) is 0 Å². The minimum Gasteiger partial charge on any atom is -0.298 e. The van der Waals surface area contributed by atoms with Gasteiger partial charge in [-0.05, 0) is 51.2 Å². The number of rotatable bonds is 6. The number of thiazole rings is 1. The predicted molar refractivity (Wildman–Crippen MR) is 107 cm³/mol. The number of sulfonamides is 1. The van der Waals surface area contributed by atoms with Gasteiger partial charge in [0.15, 0.2) is 5.13 Å². The monoisotopic (exact) mass is 428 g/mol. The normalized spacial score (nSPS) is 15.6. The Morgan fingerprint density at radius 3 is 2.74 bits per heavy atom. The minimum atomic E-state index is -3.66. The lowest BCUT2D eigenvalue weighted by atomic mass is 10.1. The summed E-state index contributed by atoms with van der Waals surface area (Å²) < 4.78 is 26.1. The molecule has 146 valence electrons. The lowest BCUT2D eigenvalue weighted by Gasteiger charge is -2.25. The zero-order valence-corrected chi connectivity index (χ0v) is 17.3. The summed E-state index contributed by atoms with van der Waals surface area (Å²) in [5.74, 6) is -0.493. The van der Waals surface area contributed by atoms with Gasteiger partial charge < -0.3 is 0 Å². The molecule has 1 aromatic carbocycles. The van der Waals surface area contributed by atoms with Gasteiger partial charge in [0.2, 0.25) is 10.0 Å². The molecule has 0 aliphatic carbocycles. The summed E-state index contributed by atoms with van der Waals surface area (Å²) >= 11 is 7.42. The van der Waals surface area contributed by atoms with Gasteiger partial charge in [-0.1, -0.05) is 18.0 Å². The van der Waals surface area contributed by atoms with Gasteiger partial charge in [-0.15, -0.1) is 11.3 Å². The number of anilines is 1. The molecule has 0 spiro atoms. The molecule has 1 saturated heterocycles. The van der Waals surface area contributed by atoms with Crippen LogP contribution in [0.1, 0.15) is 35.3 Å². The molecule has 1 aromatic heterocycles. The van der Waals surface area contributed by atoms with Gasteiger partial charge in [0.05, 0.1) is 21.2 Å². The number of amides is 1. The number of hydrogen-bond donors (Lipinski definition) is 2. The SMILES string of the molecule is CNS(=O)(=O)c1ccc(Cl)c(C(=O)Nc2nc(CN3CCCCC3)cs2)c1. The van der Waals surface area contributed by atoms with Crippen LogP contribution >= 0.6 is 22.9 Å². The van der Waals surface area contributed by atoms with Crippen molar-refractivity contribution < 1.29 is 13.2 Å². The first kappa shape index (κ1) is 20.2. The molecule has 0 bridgehead atoms. The molecule has 0 saturated carbocycles. The third-order valence-electron chi connectivity index (χ3n) is 4.37. The van der Waals surface area contributed by atoms with Crippen LogP contribution in [0.4, 0.5) is 5.13 Å². The predicted octanol–water partition coefficient (Wildman–Crippen LogP) is 2.94. The third kappa shape index (κ3) is 5.05. The molecule has 1 aliphatic rings. The second-order valence-electron chi connectivity index (χ2n) is 6.28. The summed E-state index contributed by atoms with van der Waals surface area (Å²) in [6, 6.07) is 4.00. The van der Waals surface area contributed by atoms with Gasteiger partial charge in [-0.25, -0.2) is 18.1 Å². The topological polar surface area (TPSA) is 91.4 Å². The van der Waals surface area contributed by atoms with Crippen molar-refractivity contribution in [3.8, 4) is 0 Å². The molecule has 2 aromatic rings. The number of piperidine rings is 1. The van der Waals surface area contributed by atoms with Gasteiger partial charge in [0, 0.05) is 11.9 Å². The number of benzene rings is 1. The van der Waals surface area contributed by atoms with E-state index in [-0.39, 0.29) is 15.5 Å². The van der Waals surface area contributed by atoms with Crippen molar-refractivity contribution in [1.82, 2.24) is 14.6 Å². The minimum absolute atomic E-state index is 0.0236. The van der Waals surface area contributed by atoms with Crippen LogP contribution in [0.15, 0.2) is 28.5 Å². The molecule has 1 aliphatic heterocycles. The smallest absolute Gasteiger partial charge is 0.259 e. The maximum Gasteiger partial charge on any atom is 0.259 e. The summed E-state index contributed by atoms with van der Waals surface area (Å²) in [6.45, 7) is 2.91. The van der Waals surface area contributed by atoms with E-state index in [1.165, 1.54) is 55.8 Å². The quantitative estimate of drug-likeness (QED) is 0.738. The van der Waals surface area contributed by atoms with Gasteiger partial charge in [-0.3, -0.25) is 15.0 Å². The molecule has 2 N–H and O–H groups in total. The van der Waals surface area contributed by atoms with Crippen LogP contribution in [0.3, 0.4) is 0 Å². The molecule has 2 heterocycles. The lowest BCUT2D eigenvalue weighted by molar-refractivity contribution is 0.102. The fourth-order valence-corrected chi connectivity index (χ4v) is 4.57. The van der Waals surface area contributed by atoms with Crippen LogP contribution in [-0.2, 0) is 16.6 Å². The molecule has 3 rings (SSSR count). The number of likely N-dealkylation sites (tertiary alicyclic amines) is 1. The number of nitrogens with zero attached hydrogens (tertiary/aromatic N) is 2. The molecule has 1 amide bonds. The van der Waals surface area contributed by atoms with E-state index >= 15 is 0 Å². The Kier molecular flexibility index (Phi) is 6.48. The van der Waals surface area contributed by atoms with Gasteiger partial charge in [0.1, 0.15) is 0 Å². The molecule has 1 fully saturated rings. The number of halogens is 1. The van der Waals surface area contributed by atoms with Crippen LogP contribution in [-0.4, -0.2) is 44.3 Å². The Balaban J connectivity index is 1.71. The van der Waals surface area contributed by atoms with Crippen molar-refractivity contribution in [3.63, 3.8) is 0 Å². The highest BCUT2D eigenvalue weighted by atomic mass is 35.5. The molecule has 0 unspecified atom stereocenters. The van der Waals surface area contributed by atoms with E-state index in [4.69, 9.17) is 11.6 Å². The maximum atomic E-state index is 12.5. The Hall–Kier alpha value is -1.52. The van der Waals surface area contributed by atoms with Crippen molar-refractivity contribution in [3.05, 3.63) is 39.9 Å². The van der Waals surface area contributed by atoms with Crippen molar-refractivity contribution in [2.24, 2.45) is 0 Å². The molecule has 0 radical (unpaired) electrons. The fourth-order valence-electron chi connectivity index (χ4n) is 2.91. The third-order valence-corrected chi connectivity index (χ3v) is 6.92. The number of nitrogens with one attached hydrogen (secondary N) is 2. The van der Waals surface area contributed by atoms with Gasteiger partial charge in [0.25, 0.3) is 5.91 Å². The molecule has 10 heteroatoms. The van der Waals surface area contributed by atoms with Gasteiger partial charge in [-0.2, -0.15) is 0 Å². The van der Waals surface area contributed by atoms with E-state index in [9.17, 15) is 13.2 Å². The zero-order valence-electron chi connectivity index (χ0n) is 14.9. The van der Waals surface area contributed by atoms with E-state index in [2.05, 4.69) is 19.9 Å². The highest BCUT2D eigenvalue weighted by Crippen LogP contribution is 2.23. The number of carbonyl (C=O) groups excluding carboxylic acids is 1. The van der Waals surface area contributed by atoms with Crippen molar-refractivity contribution in [2.75, 3.05) is 25.5 Å². The van der Waals surface area contributed by atoms with Crippen LogP contribution in [0.2, 0.25) is 5.02 Å². The number of carbonyl (C=O) groups is 1. The summed E-state index contributed by atoms with van der Waals surface area (Å²) in [7, 11) is -2.35. The lowest BCUT2D eigenvalue weighted by Crippen LogP contribution is -2.29. The Labute approximate surface area is 167 Å². The Morgan fingerprint density at radius 2 is 2.04 bits per heavy atom. The highest BCUT2D eigenvalue weighted by molar-refractivity contribution is 7.89. The standard InChI is InChI=1S/C17H21ClN4O3S2/c1-19-27(24,25)13-5-6-15(18)14(9-13)16(23)21-17-20-12(11-26-17)10-22-7-3-2-4-8-22/h5-6,9,11,19H,2-4,7-8,10H2,1H3,(H,20,21,23). The van der Waals surface area contributed by atoms with Crippen molar-refractivity contribution >= 4 is 44.0 Å². The van der Waals surface area contributed by atoms with Crippen LogP contribution < -0.4 is 10.0 Å². The maximum absolute atomic E-state index is 12.5. The first-order chi connectivity index (χ1) is 12.9. The fraction of sp³-hybridized carbons (Fsp3) is 0.412. The summed E-state index contributed by atoms with van der Waals surface area (Å²) in [6.07, 6.45) is 3.69. The molecular formula is C17H21ClN4O3S2. The molecular weight excluding hydrogens is 408 g/mol. The van der Waals surface area contributed by atoms with Crippen LogP contribution in [0.25, 0.3) is 0 Å². The summed E-state index contributed by atoms with van der Waals surface area (Å²) in [4.78, 5) is 19.3. The second-order valence-corrected chi connectivity index (χ2v) is 9.44. The van der Waals surface area contributed by atoms with Crippen LogP contribution in [0, 0.1) is 0 Å². The Bertz CT molecular complexity index is 924. The summed E-state index contributed by atoms with van der Waals surface area (Å²) in [5.41, 5.74) is 0.996.